The fourth-order valence-electron chi connectivity index (χ4n) is 4.94. The maximum Gasteiger partial charge on any atom is 0.242 e. The molecule has 0 bridgehead atoms. The van der Waals surface area contributed by atoms with E-state index in [1.807, 2.05) is 4.90 Å². The van der Waals surface area contributed by atoms with Crippen molar-refractivity contribution in [2.75, 3.05) is 13.1 Å². The second-order valence-electron chi connectivity index (χ2n) is 8.58. The number of rotatable bonds is 4. The van der Waals surface area contributed by atoms with Gasteiger partial charge in [-0.1, -0.05) is 60.7 Å². The molecule has 2 aliphatic heterocycles. The van der Waals surface area contributed by atoms with E-state index in [1.54, 1.807) is 0 Å². The quantitative estimate of drug-likeness (QED) is 0.763. The summed E-state index contributed by atoms with van der Waals surface area (Å²) in [6.45, 7) is 1.56. The predicted molar refractivity (Wildman–Crippen MR) is 109 cm³/mol. The molecule has 2 aromatic carbocycles. The first-order chi connectivity index (χ1) is 13.7. The van der Waals surface area contributed by atoms with Gasteiger partial charge in [0.1, 0.15) is 0 Å². The number of hydrogen-bond donors (Lipinski definition) is 3. The molecule has 3 fully saturated rings. The van der Waals surface area contributed by atoms with Crippen LogP contribution in [0.5, 0.6) is 0 Å². The highest BCUT2D eigenvalue weighted by Crippen LogP contribution is 2.39. The van der Waals surface area contributed by atoms with Crippen LogP contribution in [0.15, 0.2) is 60.7 Å². The lowest BCUT2D eigenvalue weighted by molar-refractivity contribution is -0.135. The second kappa shape index (κ2) is 6.99. The van der Waals surface area contributed by atoms with Crippen LogP contribution >= 0.6 is 0 Å². The lowest BCUT2D eigenvalue weighted by Crippen LogP contribution is -2.54. The summed E-state index contributed by atoms with van der Waals surface area (Å²) in [6, 6.07) is 22.0. The number of likely N-dealkylation sites (tertiary alicyclic amines) is 1. The van der Waals surface area contributed by atoms with Gasteiger partial charge < -0.3 is 10.6 Å². The van der Waals surface area contributed by atoms with E-state index in [2.05, 4.69) is 71.5 Å². The lowest BCUT2D eigenvalue weighted by Gasteiger charge is -2.39. The molecule has 0 spiro atoms. The number of nitrogens with zero attached hydrogens (tertiary/aromatic N) is 1. The number of nitrogens with two attached hydrogens (primary N) is 1. The summed E-state index contributed by atoms with van der Waals surface area (Å²) in [4.78, 5) is 14.9. The van der Waals surface area contributed by atoms with Crippen molar-refractivity contribution in [2.24, 2.45) is 11.7 Å². The molecular weight excluding hydrogens is 348 g/mol. The number of nitrogens with one attached hydrogen (secondary N) is 2. The third-order valence-corrected chi connectivity index (χ3v) is 6.73. The normalized spacial score (nSPS) is 28.2. The third kappa shape index (κ3) is 3.13. The Bertz CT molecular complexity index is 797. The number of carbonyl (C=O) groups is 1. The Hall–Kier alpha value is -2.21. The van der Waals surface area contributed by atoms with Crippen molar-refractivity contribution >= 4 is 5.91 Å². The molecule has 2 aromatic rings. The van der Waals surface area contributed by atoms with Gasteiger partial charge in [0.05, 0.1) is 5.54 Å². The van der Waals surface area contributed by atoms with Crippen molar-refractivity contribution in [3.05, 3.63) is 71.8 Å². The molecule has 5 heteroatoms. The SMILES string of the molecule is NC1(C(=O)N2CCC3NNC(C(c4ccccc4)c4ccccc4)C3C2)CC1. The first-order valence-corrected chi connectivity index (χ1v) is 10.3. The maximum absolute atomic E-state index is 12.8. The van der Waals surface area contributed by atoms with Crippen molar-refractivity contribution in [2.45, 2.75) is 42.8 Å². The number of fused-ring (bicyclic) bond motifs is 1. The molecule has 3 atom stereocenters. The van der Waals surface area contributed by atoms with Gasteiger partial charge in [-0.3, -0.25) is 15.6 Å². The van der Waals surface area contributed by atoms with Gasteiger partial charge in [0, 0.05) is 37.0 Å². The van der Waals surface area contributed by atoms with E-state index in [0.29, 0.717) is 12.0 Å². The molecule has 0 radical (unpaired) electrons. The summed E-state index contributed by atoms with van der Waals surface area (Å²) in [6.07, 6.45) is 2.62. The third-order valence-electron chi connectivity index (χ3n) is 6.73. The van der Waals surface area contributed by atoms with Gasteiger partial charge in [-0.25, -0.2) is 0 Å². The summed E-state index contributed by atoms with van der Waals surface area (Å²) in [5, 5.41) is 0. The zero-order valence-electron chi connectivity index (χ0n) is 16.1. The van der Waals surface area contributed by atoms with Crippen LogP contribution in [-0.4, -0.2) is 41.5 Å². The Kier molecular flexibility index (Phi) is 4.46. The molecule has 3 aliphatic rings. The van der Waals surface area contributed by atoms with Crippen molar-refractivity contribution in [3.8, 4) is 0 Å². The van der Waals surface area contributed by atoms with E-state index >= 15 is 0 Å². The van der Waals surface area contributed by atoms with Crippen LogP contribution in [0.25, 0.3) is 0 Å². The van der Waals surface area contributed by atoms with Crippen LogP contribution in [0, 0.1) is 5.92 Å². The standard InChI is InChI=1S/C23H28N4O/c24-23(12-13-23)22(28)27-14-11-19-18(15-27)21(26-25-19)20(16-7-3-1-4-8-16)17-9-5-2-6-10-17/h1-10,18-21,25-26H,11-15,24H2. The average Bonchev–Trinajstić information content (AvgIpc) is 3.37. The monoisotopic (exact) mass is 376 g/mol. The van der Waals surface area contributed by atoms with Crippen molar-refractivity contribution in [1.82, 2.24) is 15.8 Å². The van der Waals surface area contributed by atoms with Crippen molar-refractivity contribution < 1.29 is 4.79 Å². The van der Waals surface area contributed by atoms with Crippen LogP contribution < -0.4 is 16.6 Å². The molecular formula is C23H28N4O. The van der Waals surface area contributed by atoms with Crippen molar-refractivity contribution in [1.29, 1.82) is 0 Å². The van der Waals surface area contributed by atoms with E-state index in [-0.39, 0.29) is 17.9 Å². The number of piperidine rings is 1. The largest absolute Gasteiger partial charge is 0.341 e. The Labute approximate surface area is 166 Å². The van der Waals surface area contributed by atoms with Gasteiger partial charge in [-0.2, -0.15) is 0 Å². The molecule has 1 aliphatic carbocycles. The van der Waals surface area contributed by atoms with Gasteiger partial charge in [-0.05, 0) is 30.4 Å². The topological polar surface area (TPSA) is 70.4 Å². The van der Waals surface area contributed by atoms with Crippen molar-refractivity contribution in [3.63, 3.8) is 0 Å². The molecule has 2 heterocycles. The summed E-state index contributed by atoms with van der Waals surface area (Å²) >= 11 is 0. The van der Waals surface area contributed by atoms with Crippen LogP contribution in [0.3, 0.4) is 0 Å². The van der Waals surface area contributed by atoms with E-state index in [4.69, 9.17) is 5.73 Å². The van der Waals surface area contributed by atoms with E-state index in [0.717, 1.165) is 32.4 Å². The molecule has 4 N–H and O–H groups in total. The van der Waals surface area contributed by atoms with Gasteiger partial charge in [0.2, 0.25) is 5.91 Å². The summed E-state index contributed by atoms with van der Waals surface area (Å²) < 4.78 is 0. The zero-order chi connectivity index (χ0) is 19.1. The Morgan fingerprint density at radius 3 is 2.18 bits per heavy atom. The van der Waals surface area contributed by atoms with Gasteiger partial charge in [0.25, 0.3) is 0 Å². The van der Waals surface area contributed by atoms with Crippen LogP contribution in [0.2, 0.25) is 0 Å². The molecule has 5 rings (SSSR count). The first kappa shape index (κ1) is 17.9. The van der Waals surface area contributed by atoms with Crippen LogP contribution in [0.1, 0.15) is 36.3 Å². The Morgan fingerprint density at radius 2 is 1.61 bits per heavy atom. The second-order valence-corrected chi connectivity index (χ2v) is 8.58. The number of hydrazine groups is 1. The van der Waals surface area contributed by atoms with Crippen LogP contribution in [-0.2, 0) is 4.79 Å². The summed E-state index contributed by atoms with van der Waals surface area (Å²) in [5.41, 5.74) is 15.3. The fraction of sp³-hybridized carbons (Fsp3) is 0.435. The van der Waals surface area contributed by atoms with E-state index < -0.39 is 5.54 Å². The molecule has 2 saturated heterocycles. The molecule has 28 heavy (non-hydrogen) atoms. The lowest BCUT2D eigenvalue weighted by atomic mass is 9.76. The van der Waals surface area contributed by atoms with Gasteiger partial charge >= 0.3 is 0 Å². The molecule has 0 aromatic heterocycles. The first-order valence-electron chi connectivity index (χ1n) is 10.3. The fourth-order valence-corrected chi connectivity index (χ4v) is 4.94. The summed E-state index contributed by atoms with van der Waals surface area (Å²) in [5.74, 6) is 0.728. The average molecular weight is 377 g/mol. The summed E-state index contributed by atoms with van der Waals surface area (Å²) in [7, 11) is 0. The number of carbonyl (C=O) groups excluding carboxylic acids is 1. The molecule has 3 unspecified atom stereocenters. The minimum Gasteiger partial charge on any atom is -0.341 e. The molecule has 146 valence electrons. The predicted octanol–water partition coefficient (Wildman–Crippen LogP) is 2.00. The zero-order valence-corrected chi connectivity index (χ0v) is 16.1. The smallest absolute Gasteiger partial charge is 0.242 e. The number of benzene rings is 2. The minimum absolute atomic E-state index is 0.146. The number of hydrogen-bond acceptors (Lipinski definition) is 4. The van der Waals surface area contributed by atoms with Gasteiger partial charge in [0.15, 0.2) is 0 Å². The van der Waals surface area contributed by atoms with Gasteiger partial charge in [-0.15, -0.1) is 0 Å². The highest BCUT2D eigenvalue weighted by atomic mass is 16.2. The molecule has 1 amide bonds. The molecule has 5 nitrogen and oxygen atoms in total. The van der Waals surface area contributed by atoms with E-state index in [9.17, 15) is 4.79 Å². The van der Waals surface area contributed by atoms with E-state index in [1.165, 1.54) is 11.1 Å². The minimum atomic E-state index is -0.583. The highest BCUT2D eigenvalue weighted by Gasteiger charge is 2.51. The van der Waals surface area contributed by atoms with Crippen LogP contribution in [0.4, 0.5) is 0 Å². The molecule has 1 saturated carbocycles. The Balaban J connectivity index is 1.45. The number of amides is 1. The Morgan fingerprint density at radius 1 is 1.00 bits per heavy atom. The highest BCUT2D eigenvalue weighted by molar-refractivity contribution is 5.89. The maximum atomic E-state index is 12.8.